The zero-order valence-corrected chi connectivity index (χ0v) is 10.1. The highest BCUT2D eigenvalue weighted by atomic mass is 15.0. The standard InChI is InChI=1S/C14H16N4/c1-3-11-7-15-9-13-5-2-6-14(18-13)10-16-8-12(4-1)17-11/h1-6,15-16H,7-10H2/i/hT2. The van der Waals surface area contributed by atoms with E-state index in [0.717, 1.165) is 22.8 Å². The normalized spacial score (nSPS) is 19.3. The van der Waals surface area contributed by atoms with Crippen LogP contribution in [0.15, 0.2) is 36.4 Å². The molecule has 0 fully saturated rings. The van der Waals surface area contributed by atoms with Crippen molar-refractivity contribution in [2.24, 2.45) is 0 Å². The number of nitrogens with one attached hydrogen (secondary N) is 2. The molecule has 0 unspecified atom stereocenters. The molecule has 1 aliphatic heterocycles. The Kier molecular flexibility index (Phi) is 2.68. The lowest BCUT2D eigenvalue weighted by Crippen LogP contribution is -2.20. The summed E-state index contributed by atoms with van der Waals surface area (Å²) in [6.45, 7) is 1.82. The van der Waals surface area contributed by atoms with Crippen LogP contribution in [0.1, 0.15) is 22.8 Å². The molecule has 2 aromatic rings. The molecule has 0 radical (unpaired) electrons. The molecule has 18 heavy (non-hydrogen) atoms. The van der Waals surface area contributed by atoms with Gasteiger partial charge in [0, 0.05) is 26.2 Å². The fourth-order valence-corrected chi connectivity index (χ4v) is 1.98. The average molecular weight is 244 g/mol. The molecule has 0 atom stereocenters. The van der Waals surface area contributed by atoms with Gasteiger partial charge in [0.05, 0.1) is 22.8 Å². The summed E-state index contributed by atoms with van der Waals surface area (Å²) in [6, 6.07) is 11.5. The van der Waals surface area contributed by atoms with Gasteiger partial charge in [-0.1, -0.05) is 12.1 Å². The largest absolute Gasteiger partial charge is 0.306 e. The van der Waals surface area contributed by atoms with Crippen LogP contribution in [-0.2, 0) is 26.2 Å². The Morgan fingerprint density at radius 2 is 1.06 bits per heavy atom. The lowest BCUT2D eigenvalue weighted by molar-refractivity contribution is 0.625. The van der Waals surface area contributed by atoms with E-state index in [1.165, 1.54) is 10.6 Å². The molecule has 4 nitrogen and oxygen atoms in total. The summed E-state index contributed by atoms with van der Waals surface area (Å²) in [5.74, 6) is 0. The number of pyridine rings is 2. The molecule has 0 aliphatic carbocycles. The third-order valence-electron chi connectivity index (χ3n) is 2.82. The van der Waals surface area contributed by atoms with Crippen LogP contribution < -0.4 is 10.6 Å². The van der Waals surface area contributed by atoms with Crippen molar-refractivity contribution < 1.29 is 2.82 Å². The Balaban J connectivity index is 1.93. The Morgan fingerprint density at radius 1 is 0.722 bits per heavy atom. The van der Waals surface area contributed by atoms with Crippen molar-refractivity contribution in [2.45, 2.75) is 26.2 Å². The molecule has 0 spiro atoms. The monoisotopic (exact) mass is 244 g/mol. The molecule has 0 saturated carbocycles. The fraction of sp³-hybridized carbons (Fsp3) is 0.286. The minimum absolute atomic E-state index is 0.456. The van der Waals surface area contributed by atoms with Crippen LogP contribution >= 0.6 is 0 Å². The summed E-state index contributed by atoms with van der Waals surface area (Å²) >= 11 is 0. The van der Waals surface area contributed by atoms with E-state index >= 15 is 0 Å². The van der Waals surface area contributed by atoms with Crippen molar-refractivity contribution in [3.8, 4) is 0 Å². The highest BCUT2D eigenvalue weighted by Gasteiger charge is 2.03. The number of hydrogen-bond acceptors (Lipinski definition) is 4. The first kappa shape index (κ1) is 9.19. The van der Waals surface area contributed by atoms with E-state index in [1.807, 2.05) is 36.4 Å². The third kappa shape index (κ3) is 2.72. The third-order valence-corrected chi connectivity index (χ3v) is 2.82. The van der Waals surface area contributed by atoms with Gasteiger partial charge in [-0.25, -0.2) is 0 Å². The molecular weight excluding hydrogens is 224 g/mol. The summed E-state index contributed by atoms with van der Waals surface area (Å²) in [6.07, 6.45) is 0. The minimum atomic E-state index is 0.456. The topological polar surface area (TPSA) is 49.8 Å². The number of aromatic nitrogens is 2. The van der Waals surface area contributed by atoms with Gasteiger partial charge in [-0.3, -0.25) is 9.97 Å². The maximum atomic E-state index is 8.01. The van der Waals surface area contributed by atoms with E-state index in [0.29, 0.717) is 26.2 Å². The second kappa shape index (κ2) is 5.25. The fourth-order valence-electron chi connectivity index (χ4n) is 1.98. The first-order valence-electron chi connectivity index (χ1n) is 6.96. The van der Waals surface area contributed by atoms with Crippen molar-refractivity contribution in [3.63, 3.8) is 0 Å². The van der Waals surface area contributed by atoms with Crippen LogP contribution in [0.5, 0.6) is 0 Å². The van der Waals surface area contributed by atoms with Gasteiger partial charge in [-0.15, -0.1) is 0 Å². The summed E-state index contributed by atoms with van der Waals surface area (Å²) in [5.41, 5.74) is 3.40. The molecule has 0 aromatic carbocycles. The van der Waals surface area contributed by atoms with Crippen molar-refractivity contribution in [3.05, 3.63) is 59.2 Å². The SMILES string of the molecule is [3H]N1Cc2cccc(n2)CN([3H])Cc2cccc(n2)C1. The molecule has 4 heteroatoms. The smallest absolute Gasteiger partial charge is 0.123 e. The van der Waals surface area contributed by atoms with E-state index in [4.69, 9.17) is 2.82 Å². The van der Waals surface area contributed by atoms with E-state index in [1.54, 1.807) is 0 Å². The molecule has 3 heterocycles. The van der Waals surface area contributed by atoms with E-state index in [2.05, 4.69) is 9.97 Å². The summed E-state index contributed by atoms with van der Waals surface area (Å²) < 4.78 is 16.0. The first-order chi connectivity index (χ1) is 9.69. The zero-order chi connectivity index (χ0) is 13.9. The van der Waals surface area contributed by atoms with Crippen molar-refractivity contribution in [1.29, 1.82) is 0 Å². The average Bonchev–Trinajstić information content (AvgIpc) is 2.38. The van der Waals surface area contributed by atoms with Crippen molar-refractivity contribution in [1.82, 2.24) is 20.6 Å². The van der Waals surface area contributed by atoms with Gasteiger partial charge in [-0.2, -0.15) is 0 Å². The zero-order valence-electron chi connectivity index (χ0n) is 12.1. The molecule has 92 valence electrons. The lowest BCUT2D eigenvalue weighted by Gasteiger charge is -2.10. The molecule has 2 N–H and O–H groups in total. The maximum Gasteiger partial charge on any atom is 0.123 e. The predicted octanol–water partition coefficient (Wildman–Crippen LogP) is 1.37. The molecule has 1 aliphatic rings. The van der Waals surface area contributed by atoms with Crippen molar-refractivity contribution in [2.75, 3.05) is 0 Å². The molecule has 3 rings (SSSR count). The van der Waals surface area contributed by atoms with Crippen LogP contribution in [0.4, 0.5) is 0 Å². The van der Waals surface area contributed by atoms with Crippen LogP contribution in [-0.4, -0.2) is 9.97 Å². The van der Waals surface area contributed by atoms with Crippen molar-refractivity contribution >= 4 is 0 Å². The van der Waals surface area contributed by atoms with Crippen LogP contribution in [0.3, 0.4) is 0 Å². The van der Waals surface area contributed by atoms with Gasteiger partial charge in [0.15, 0.2) is 0 Å². The molecule has 2 aromatic heterocycles. The number of fused-ring (bicyclic) bond motifs is 4. The highest BCUT2D eigenvalue weighted by Crippen LogP contribution is 2.04. The Labute approximate surface area is 109 Å². The number of rotatable bonds is 0. The van der Waals surface area contributed by atoms with Crippen LogP contribution in [0, 0.1) is 0 Å². The van der Waals surface area contributed by atoms with Gasteiger partial charge < -0.3 is 10.6 Å². The Hall–Kier alpha value is -1.78. The summed E-state index contributed by atoms with van der Waals surface area (Å²) in [5, 5.41) is 2.91. The Morgan fingerprint density at radius 3 is 1.39 bits per heavy atom. The summed E-state index contributed by atoms with van der Waals surface area (Å²) in [7, 11) is 0. The van der Waals surface area contributed by atoms with E-state index in [-0.39, 0.29) is 0 Å². The second-order valence-electron chi connectivity index (χ2n) is 4.32. The first-order valence-corrected chi connectivity index (χ1v) is 6.06. The minimum Gasteiger partial charge on any atom is -0.306 e. The highest BCUT2D eigenvalue weighted by molar-refractivity contribution is 5.14. The van der Waals surface area contributed by atoms with Crippen LogP contribution in [0.25, 0.3) is 0 Å². The second-order valence-corrected chi connectivity index (χ2v) is 4.32. The van der Waals surface area contributed by atoms with Gasteiger partial charge in [0.25, 0.3) is 0 Å². The quantitative estimate of drug-likeness (QED) is 0.735. The number of nitrogens with zero attached hydrogens (tertiary/aromatic N) is 2. The molecule has 0 amide bonds. The lowest BCUT2D eigenvalue weighted by atomic mass is 10.2. The van der Waals surface area contributed by atoms with Crippen LogP contribution in [0.2, 0.25) is 2.82 Å². The Bertz CT molecular complexity index is 509. The predicted molar refractivity (Wildman–Crippen MR) is 69.6 cm³/mol. The van der Waals surface area contributed by atoms with E-state index < -0.39 is 0 Å². The summed E-state index contributed by atoms with van der Waals surface area (Å²) in [4.78, 5) is 9.00. The maximum absolute atomic E-state index is 8.01. The van der Waals surface area contributed by atoms with Gasteiger partial charge in [0.1, 0.15) is 2.82 Å². The van der Waals surface area contributed by atoms with Gasteiger partial charge in [0.2, 0.25) is 0 Å². The number of hydrogen-bond donors (Lipinski definition) is 2. The van der Waals surface area contributed by atoms with E-state index in [9.17, 15) is 0 Å². The molecule has 4 bridgehead atoms. The van der Waals surface area contributed by atoms with Gasteiger partial charge in [-0.05, 0) is 24.3 Å². The molecular formula is C14H16N4. The van der Waals surface area contributed by atoms with Gasteiger partial charge >= 0.3 is 0 Å². The molecule has 0 saturated heterocycles.